The molecular formula is C31H30F3N5O3. The number of nitrogens with one attached hydrogen (secondary N) is 2. The molecule has 2 atom stereocenters. The fourth-order valence-corrected chi connectivity index (χ4v) is 5.50. The van der Waals surface area contributed by atoms with Gasteiger partial charge in [-0.2, -0.15) is 13.2 Å². The van der Waals surface area contributed by atoms with Crippen molar-refractivity contribution >= 4 is 17.8 Å². The maximum atomic E-state index is 14.1. The van der Waals surface area contributed by atoms with Gasteiger partial charge in [0.1, 0.15) is 6.04 Å². The van der Waals surface area contributed by atoms with Crippen LogP contribution in [0.5, 0.6) is 0 Å². The average molecular weight is 578 g/mol. The van der Waals surface area contributed by atoms with Crippen molar-refractivity contribution in [3.8, 4) is 0 Å². The van der Waals surface area contributed by atoms with E-state index in [1.165, 1.54) is 28.0 Å². The molecule has 3 heterocycles. The molecular weight excluding hydrogens is 547 g/mol. The Kier molecular flexibility index (Phi) is 8.28. The van der Waals surface area contributed by atoms with Crippen LogP contribution in [0.4, 0.5) is 18.0 Å². The summed E-state index contributed by atoms with van der Waals surface area (Å²) in [5.74, 6) is -0.996. The van der Waals surface area contributed by atoms with Crippen molar-refractivity contribution in [1.29, 1.82) is 0 Å². The second kappa shape index (κ2) is 12.1. The van der Waals surface area contributed by atoms with Crippen molar-refractivity contribution in [2.45, 2.75) is 38.0 Å². The molecule has 8 nitrogen and oxygen atoms in total. The van der Waals surface area contributed by atoms with Gasteiger partial charge in [-0.05, 0) is 36.2 Å². The zero-order chi connectivity index (χ0) is 29.9. The molecule has 0 spiro atoms. The molecule has 4 amide bonds. The smallest absolute Gasteiger partial charge is 0.354 e. The topological polar surface area (TPSA) is 94.6 Å². The van der Waals surface area contributed by atoms with Crippen molar-refractivity contribution in [3.63, 3.8) is 0 Å². The normalized spacial score (nSPS) is 17.7. The summed E-state index contributed by atoms with van der Waals surface area (Å²) < 4.78 is 42.0. The number of pyridine rings is 1. The van der Waals surface area contributed by atoms with Crippen LogP contribution in [-0.4, -0.2) is 58.3 Å². The number of carbonyl (C=O) groups excluding carboxylic acids is 3. The first-order valence-corrected chi connectivity index (χ1v) is 13.7. The minimum Gasteiger partial charge on any atom is -0.354 e. The predicted molar refractivity (Wildman–Crippen MR) is 149 cm³/mol. The molecule has 5 rings (SSSR count). The predicted octanol–water partition coefficient (Wildman–Crippen LogP) is 4.25. The minimum atomic E-state index is -4.70. The van der Waals surface area contributed by atoms with Gasteiger partial charge >= 0.3 is 12.2 Å². The van der Waals surface area contributed by atoms with Crippen LogP contribution in [0.2, 0.25) is 0 Å². The van der Waals surface area contributed by atoms with Crippen molar-refractivity contribution in [2.75, 3.05) is 19.6 Å². The Morgan fingerprint density at radius 3 is 2.45 bits per heavy atom. The number of halogens is 3. The van der Waals surface area contributed by atoms with Crippen molar-refractivity contribution < 1.29 is 27.6 Å². The molecule has 0 saturated heterocycles. The van der Waals surface area contributed by atoms with E-state index in [1.54, 1.807) is 19.2 Å². The zero-order valence-electron chi connectivity index (χ0n) is 22.9. The summed E-state index contributed by atoms with van der Waals surface area (Å²) in [5.41, 5.74) is 0.768. The van der Waals surface area contributed by atoms with Gasteiger partial charge < -0.3 is 15.5 Å². The lowest BCUT2D eigenvalue weighted by molar-refractivity contribution is -0.138. The first kappa shape index (κ1) is 28.8. The number of nitrogens with zero attached hydrogens (tertiary/aromatic N) is 3. The lowest BCUT2D eigenvalue weighted by Crippen LogP contribution is -2.50. The van der Waals surface area contributed by atoms with Crippen LogP contribution in [0.1, 0.15) is 35.3 Å². The molecule has 0 fully saturated rings. The summed E-state index contributed by atoms with van der Waals surface area (Å²) in [5, 5.41) is 5.51. The van der Waals surface area contributed by atoms with Gasteiger partial charge in [0, 0.05) is 37.8 Å². The largest absolute Gasteiger partial charge is 0.416 e. The third kappa shape index (κ3) is 5.86. The van der Waals surface area contributed by atoms with Crippen LogP contribution in [-0.2, 0) is 28.6 Å². The van der Waals surface area contributed by atoms with E-state index in [-0.39, 0.29) is 37.2 Å². The fourth-order valence-electron chi connectivity index (χ4n) is 5.50. The number of aromatic nitrogens is 1. The second-order valence-corrected chi connectivity index (χ2v) is 10.1. The van der Waals surface area contributed by atoms with Crippen LogP contribution < -0.4 is 10.6 Å². The van der Waals surface area contributed by atoms with Gasteiger partial charge in [0.25, 0.3) is 5.91 Å². The average Bonchev–Trinajstić information content (AvgIpc) is 3.32. The van der Waals surface area contributed by atoms with Crippen molar-refractivity contribution in [3.05, 3.63) is 113 Å². The molecule has 0 aliphatic carbocycles. The number of rotatable bonds is 9. The molecule has 0 radical (unpaired) electrons. The lowest BCUT2D eigenvalue weighted by Gasteiger charge is -2.33. The highest BCUT2D eigenvalue weighted by Crippen LogP contribution is 2.42. The quantitative estimate of drug-likeness (QED) is 0.398. The van der Waals surface area contributed by atoms with Gasteiger partial charge in [0.15, 0.2) is 0 Å². The third-order valence-electron chi connectivity index (χ3n) is 7.50. The second-order valence-electron chi connectivity index (χ2n) is 10.1. The Bertz CT molecular complexity index is 1490. The molecule has 0 saturated carbocycles. The highest BCUT2D eigenvalue weighted by atomic mass is 19.4. The van der Waals surface area contributed by atoms with E-state index in [4.69, 9.17) is 0 Å². The number of hydrogen-bond acceptors (Lipinski definition) is 4. The summed E-state index contributed by atoms with van der Waals surface area (Å²) >= 11 is 0. The molecule has 11 heteroatoms. The lowest BCUT2D eigenvalue weighted by atomic mass is 9.91. The van der Waals surface area contributed by atoms with E-state index in [0.717, 1.165) is 17.3 Å². The Morgan fingerprint density at radius 1 is 1.05 bits per heavy atom. The molecule has 2 aromatic carbocycles. The first-order valence-electron chi connectivity index (χ1n) is 13.7. The van der Waals surface area contributed by atoms with Gasteiger partial charge in [-0.3, -0.25) is 19.5 Å². The summed E-state index contributed by atoms with van der Waals surface area (Å²) in [7, 11) is 0. The molecule has 218 valence electrons. The maximum Gasteiger partial charge on any atom is 0.416 e. The summed E-state index contributed by atoms with van der Waals surface area (Å²) in [4.78, 5) is 47.8. The van der Waals surface area contributed by atoms with Gasteiger partial charge in [-0.25, -0.2) is 4.79 Å². The number of amides is 4. The minimum absolute atomic E-state index is 0.0347. The van der Waals surface area contributed by atoms with Crippen molar-refractivity contribution in [2.24, 2.45) is 0 Å². The molecule has 2 aliphatic heterocycles. The molecule has 0 bridgehead atoms. The van der Waals surface area contributed by atoms with E-state index >= 15 is 0 Å². The van der Waals surface area contributed by atoms with E-state index in [0.29, 0.717) is 12.1 Å². The van der Waals surface area contributed by atoms with Crippen molar-refractivity contribution in [1.82, 2.24) is 25.4 Å². The molecule has 3 aromatic rings. The van der Waals surface area contributed by atoms with Crippen LogP contribution >= 0.6 is 0 Å². The Labute approximate surface area is 241 Å². The zero-order valence-corrected chi connectivity index (χ0v) is 22.9. The van der Waals surface area contributed by atoms with Crippen LogP contribution in [0.3, 0.4) is 0 Å². The first-order chi connectivity index (χ1) is 20.2. The van der Waals surface area contributed by atoms with E-state index < -0.39 is 41.7 Å². The Balaban J connectivity index is 1.48. The number of likely N-dealkylation sites (N-methyl/N-ethyl adjacent to an activating group) is 1. The Hall–Kier alpha value is -4.67. The van der Waals surface area contributed by atoms with Crippen LogP contribution in [0.25, 0.3) is 0 Å². The maximum absolute atomic E-state index is 14.1. The van der Waals surface area contributed by atoms with Gasteiger partial charge in [-0.15, -0.1) is 0 Å². The van der Waals surface area contributed by atoms with Gasteiger partial charge in [0.2, 0.25) is 5.91 Å². The van der Waals surface area contributed by atoms with Gasteiger partial charge in [-0.1, -0.05) is 54.6 Å². The van der Waals surface area contributed by atoms with E-state index in [9.17, 15) is 27.6 Å². The van der Waals surface area contributed by atoms with Crippen LogP contribution in [0, 0.1) is 0 Å². The number of benzene rings is 2. The third-order valence-corrected chi connectivity index (χ3v) is 7.50. The number of alkyl halides is 3. The summed E-state index contributed by atoms with van der Waals surface area (Å²) in [6, 6.07) is 16.7. The highest BCUT2D eigenvalue weighted by molar-refractivity contribution is 6.03. The van der Waals surface area contributed by atoms with Gasteiger partial charge in [0.05, 0.1) is 29.4 Å². The monoisotopic (exact) mass is 577 g/mol. The summed E-state index contributed by atoms with van der Waals surface area (Å²) in [6.45, 7) is 2.09. The molecule has 2 N–H and O–H groups in total. The molecule has 0 unspecified atom stereocenters. The SMILES string of the molecule is CCN1C(=O)N[C@H](c2ccccc2C(F)(F)F)C2=C1CN([C@@H](Cc1ccccc1)C(=O)NCCc1ccccn1)C2=O. The summed E-state index contributed by atoms with van der Waals surface area (Å²) in [6.07, 6.45) is -2.38. The highest BCUT2D eigenvalue weighted by Gasteiger charge is 2.48. The number of urea groups is 1. The molecule has 42 heavy (non-hydrogen) atoms. The fraction of sp³-hybridized carbons (Fsp3) is 0.290. The molecule has 2 aliphatic rings. The number of carbonyl (C=O) groups is 3. The van der Waals surface area contributed by atoms with Crippen LogP contribution in [0.15, 0.2) is 90.3 Å². The standard InChI is InChI=1S/C31H30F3N5O3/c1-2-38-25-19-39(29(41)26(25)27(37-30(38)42)22-13-6-7-14-23(22)31(32,33)34)24(18-20-10-4-3-5-11-20)28(40)36-17-15-21-12-8-9-16-35-21/h3-14,16,24,27H,2,15,17-19H2,1H3,(H,36,40)(H,37,42)/t24-,27+/m0/s1. The van der Waals surface area contributed by atoms with E-state index in [2.05, 4.69) is 15.6 Å². The molecule has 1 aromatic heterocycles. The Morgan fingerprint density at radius 2 is 1.76 bits per heavy atom. The van der Waals surface area contributed by atoms with E-state index in [1.807, 2.05) is 42.5 Å². The number of hydrogen-bond donors (Lipinski definition) is 2.